The van der Waals surface area contributed by atoms with Crippen LogP contribution in [0.15, 0.2) is 21.0 Å². The van der Waals surface area contributed by atoms with E-state index in [0.29, 0.717) is 24.9 Å². The molecule has 0 radical (unpaired) electrons. The monoisotopic (exact) mass is 310 g/mol. The molecule has 0 saturated carbocycles. The zero-order valence-electron chi connectivity index (χ0n) is 10.3. The average Bonchev–Trinajstić information content (AvgIpc) is 2.72. The lowest BCUT2D eigenvalue weighted by Gasteiger charge is -2.10. The van der Waals surface area contributed by atoms with E-state index in [4.69, 9.17) is 10.2 Å². The maximum Gasteiger partial charge on any atom is 0.320 e. The van der Waals surface area contributed by atoms with Crippen molar-refractivity contribution >= 4 is 27.6 Å². The van der Waals surface area contributed by atoms with E-state index in [0.717, 1.165) is 21.3 Å². The highest BCUT2D eigenvalue weighted by Gasteiger charge is 2.09. The van der Waals surface area contributed by atoms with Crippen LogP contribution in [-0.2, 0) is 6.42 Å². The van der Waals surface area contributed by atoms with Gasteiger partial charge in [0.2, 0.25) is 5.89 Å². The number of anilines is 2. The largest absolute Gasteiger partial charge is 0.408 e. The lowest BCUT2D eigenvalue weighted by atomic mass is 10.1. The topological polar surface area (TPSA) is 77.0 Å². The lowest BCUT2D eigenvalue weighted by molar-refractivity contribution is 0.509. The van der Waals surface area contributed by atoms with E-state index in [-0.39, 0.29) is 0 Å². The van der Waals surface area contributed by atoms with Gasteiger partial charge in [0.15, 0.2) is 0 Å². The number of benzene rings is 1. The molecule has 0 bridgehead atoms. The minimum atomic E-state index is 0.395. The Kier molecular flexibility index (Phi) is 3.98. The summed E-state index contributed by atoms with van der Waals surface area (Å²) in [6, 6.07) is 4.46. The van der Waals surface area contributed by atoms with Crippen molar-refractivity contribution in [3.8, 4) is 0 Å². The maximum absolute atomic E-state index is 5.44. The Morgan fingerprint density at radius 2 is 1.94 bits per heavy atom. The Morgan fingerprint density at radius 3 is 2.56 bits per heavy atom. The van der Waals surface area contributed by atoms with Crippen LogP contribution in [0.1, 0.15) is 17.0 Å². The van der Waals surface area contributed by atoms with Gasteiger partial charge in [-0.15, -0.1) is 5.10 Å². The summed E-state index contributed by atoms with van der Waals surface area (Å²) in [5.74, 6) is 0.549. The summed E-state index contributed by atoms with van der Waals surface area (Å²) >= 11 is 3.46. The molecule has 0 fully saturated rings. The van der Waals surface area contributed by atoms with Gasteiger partial charge >= 0.3 is 6.01 Å². The summed E-state index contributed by atoms with van der Waals surface area (Å²) in [6.07, 6.45) is 0.590. The summed E-state index contributed by atoms with van der Waals surface area (Å²) in [4.78, 5) is 0. The summed E-state index contributed by atoms with van der Waals surface area (Å²) in [6.45, 7) is 4.55. The van der Waals surface area contributed by atoms with E-state index in [9.17, 15) is 0 Å². The molecular weight excluding hydrogens is 296 g/mol. The van der Waals surface area contributed by atoms with Gasteiger partial charge < -0.3 is 15.5 Å². The molecule has 96 valence electrons. The number of hydrogen-bond acceptors (Lipinski definition) is 5. The zero-order valence-corrected chi connectivity index (χ0v) is 11.9. The predicted molar refractivity (Wildman–Crippen MR) is 74.0 cm³/mol. The van der Waals surface area contributed by atoms with E-state index in [1.807, 2.05) is 26.0 Å². The number of nitrogens with one attached hydrogen (secondary N) is 1. The van der Waals surface area contributed by atoms with Crippen molar-refractivity contribution in [2.75, 3.05) is 11.9 Å². The molecule has 0 amide bonds. The molecule has 0 aliphatic rings. The molecule has 0 spiro atoms. The van der Waals surface area contributed by atoms with Crippen molar-refractivity contribution in [3.63, 3.8) is 0 Å². The minimum absolute atomic E-state index is 0.395. The van der Waals surface area contributed by atoms with Crippen molar-refractivity contribution in [2.45, 2.75) is 20.3 Å². The van der Waals surface area contributed by atoms with Gasteiger partial charge in [0, 0.05) is 23.1 Å². The SMILES string of the molecule is Cc1cc(Br)cc(C)c1Nc1nnc(CCN)o1. The molecule has 6 heteroatoms. The molecule has 18 heavy (non-hydrogen) atoms. The highest BCUT2D eigenvalue weighted by Crippen LogP contribution is 2.27. The highest BCUT2D eigenvalue weighted by molar-refractivity contribution is 9.10. The highest BCUT2D eigenvalue weighted by atomic mass is 79.9. The number of hydrogen-bond donors (Lipinski definition) is 2. The number of aromatic nitrogens is 2. The number of nitrogens with zero attached hydrogens (tertiary/aromatic N) is 2. The van der Waals surface area contributed by atoms with Crippen LogP contribution in [0.25, 0.3) is 0 Å². The molecule has 3 N–H and O–H groups in total. The van der Waals surface area contributed by atoms with E-state index >= 15 is 0 Å². The molecule has 1 aromatic heterocycles. The van der Waals surface area contributed by atoms with Crippen LogP contribution in [0.4, 0.5) is 11.7 Å². The summed E-state index contributed by atoms with van der Waals surface area (Å²) in [5.41, 5.74) is 8.64. The van der Waals surface area contributed by atoms with Crippen LogP contribution < -0.4 is 11.1 Å². The second-order valence-electron chi connectivity index (χ2n) is 4.08. The first-order chi connectivity index (χ1) is 8.60. The third-order valence-electron chi connectivity index (χ3n) is 2.55. The Balaban J connectivity index is 2.22. The van der Waals surface area contributed by atoms with Gasteiger partial charge in [0.25, 0.3) is 0 Å². The molecule has 0 aliphatic carbocycles. The first-order valence-corrected chi connectivity index (χ1v) is 6.45. The summed E-state index contributed by atoms with van der Waals surface area (Å²) < 4.78 is 6.50. The molecule has 2 rings (SSSR count). The van der Waals surface area contributed by atoms with Crippen LogP contribution in [0.3, 0.4) is 0 Å². The second kappa shape index (κ2) is 5.49. The van der Waals surface area contributed by atoms with E-state index in [2.05, 4.69) is 31.4 Å². The molecular formula is C12H15BrN4O. The third kappa shape index (κ3) is 2.88. The standard InChI is InChI=1S/C12H15BrN4O/c1-7-5-9(13)6-8(2)11(7)15-12-17-16-10(18-12)3-4-14/h5-6H,3-4,14H2,1-2H3,(H,15,17). The normalized spacial score (nSPS) is 10.7. The number of halogens is 1. The van der Waals surface area contributed by atoms with Gasteiger partial charge in [-0.3, -0.25) is 0 Å². The van der Waals surface area contributed by atoms with Gasteiger partial charge in [-0.2, -0.15) is 0 Å². The number of aryl methyl sites for hydroxylation is 2. The Labute approximate surface area is 114 Å². The lowest BCUT2D eigenvalue weighted by Crippen LogP contribution is -2.02. The molecule has 0 aliphatic heterocycles. The molecule has 1 heterocycles. The van der Waals surface area contributed by atoms with Crippen molar-refractivity contribution in [1.29, 1.82) is 0 Å². The van der Waals surface area contributed by atoms with Crippen molar-refractivity contribution in [2.24, 2.45) is 5.73 Å². The van der Waals surface area contributed by atoms with Gasteiger partial charge in [-0.05, 0) is 37.1 Å². The van der Waals surface area contributed by atoms with Crippen molar-refractivity contribution in [3.05, 3.63) is 33.6 Å². The van der Waals surface area contributed by atoms with Gasteiger partial charge in [0.05, 0.1) is 0 Å². The van der Waals surface area contributed by atoms with E-state index < -0.39 is 0 Å². The van der Waals surface area contributed by atoms with Crippen LogP contribution >= 0.6 is 15.9 Å². The Morgan fingerprint density at radius 1 is 1.28 bits per heavy atom. The van der Waals surface area contributed by atoms with Gasteiger partial charge in [0.1, 0.15) is 0 Å². The fraction of sp³-hybridized carbons (Fsp3) is 0.333. The van der Waals surface area contributed by atoms with Crippen LogP contribution in [0.2, 0.25) is 0 Å². The molecule has 1 aromatic carbocycles. The van der Waals surface area contributed by atoms with Crippen LogP contribution in [0, 0.1) is 13.8 Å². The second-order valence-corrected chi connectivity index (χ2v) is 4.99. The van der Waals surface area contributed by atoms with Crippen molar-refractivity contribution in [1.82, 2.24) is 10.2 Å². The first-order valence-electron chi connectivity index (χ1n) is 5.66. The summed E-state index contributed by atoms with van der Waals surface area (Å²) in [5, 5.41) is 11.0. The average molecular weight is 311 g/mol. The first kappa shape index (κ1) is 13.0. The van der Waals surface area contributed by atoms with E-state index in [1.165, 1.54) is 0 Å². The van der Waals surface area contributed by atoms with E-state index in [1.54, 1.807) is 0 Å². The third-order valence-corrected chi connectivity index (χ3v) is 3.01. The van der Waals surface area contributed by atoms with Crippen molar-refractivity contribution < 1.29 is 4.42 Å². The molecule has 0 saturated heterocycles. The van der Waals surface area contributed by atoms with Gasteiger partial charge in [-0.1, -0.05) is 21.0 Å². The van der Waals surface area contributed by atoms with Crippen LogP contribution in [-0.4, -0.2) is 16.7 Å². The molecule has 5 nitrogen and oxygen atoms in total. The Hall–Kier alpha value is -1.40. The molecule has 0 unspecified atom stereocenters. The fourth-order valence-electron chi connectivity index (χ4n) is 1.74. The smallest absolute Gasteiger partial charge is 0.320 e. The van der Waals surface area contributed by atoms with Gasteiger partial charge in [-0.25, -0.2) is 0 Å². The van der Waals surface area contributed by atoms with Crippen LogP contribution in [0.5, 0.6) is 0 Å². The predicted octanol–water partition coefficient (Wildman–Crippen LogP) is 2.69. The fourth-order valence-corrected chi connectivity index (χ4v) is 2.43. The molecule has 0 atom stereocenters. The maximum atomic E-state index is 5.44. The zero-order chi connectivity index (χ0) is 13.1. The quantitative estimate of drug-likeness (QED) is 0.908. The summed E-state index contributed by atoms with van der Waals surface area (Å²) in [7, 11) is 0. The Bertz CT molecular complexity index is 530. The molecule has 2 aromatic rings. The number of nitrogens with two attached hydrogens (primary N) is 1. The number of rotatable bonds is 4. The minimum Gasteiger partial charge on any atom is -0.408 e.